The van der Waals surface area contributed by atoms with E-state index in [9.17, 15) is 13.2 Å². The molecule has 0 aromatic heterocycles. The van der Waals surface area contributed by atoms with Gasteiger partial charge in [0.25, 0.3) is 0 Å². The van der Waals surface area contributed by atoms with Crippen LogP contribution in [0.15, 0.2) is 35.2 Å². The second-order valence-electron chi connectivity index (χ2n) is 9.66. The van der Waals surface area contributed by atoms with E-state index < -0.39 is 10.0 Å². The minimum absolute atomic E-state index is 0.0898. The van der Waals surface area contributed by atoms with Crippen molar-refractivity contribution in [1.82, 2.24) is 9.62 Å². The largest absolute Gasteiger partial charge is 0.353 e. The van der Waals surface area contributed by atoms with Crippen molar-refractivity contribution in [2.24, 2.45) is 22.7 Å². The zero-order valence-electron chi connectivity index (χ0n) is 17.1. The normalized spacial score (nSPS) is 33.1. The highest BCUT2D eigenvalue weighted by molar-refractivity contribution is 7.89. The highest BCUT2D eigenvalue weighted by Crippen LogP contribution is 2.65. The monoisotopic (exact) mass is 404 g/mol. The van der Waals surface area contributed by atoms with E-state index in [0.29, 0.717) is 36.7 Å². The van der Waals surface area contributed by atoms with E-state index in [1.165, 1.54) is 17.1 Å². The van der Waals surface area contributed by atoms with Crippen molar-refractivity contribution < 1.29 is 13.2 Å². The Labute approximate surface area is 168 Å². The van der Waals surface area contributed by atoms with Gasteiger partial charge in [-0.15, -0.1) is 0 Å². The molecule has 2 aliphatic carbocycles. The van der Waals surface area contributed by atoms with Gasteiger partial charge in [0.15, 0.2) is 0 Å². The highest BCUT2D eigenvalue weighted by atomic mass is 32.2. The van der Waals surface area contributed by atoms with Crippen molar-refractivity contribution in [2.45, 2.75) is 63.8 Å². The molecule has 5 nitrogen and oxygen atoms in total. The molecule has 1 saturated heterocycles. The smallest absolute Gasteiger partial charge is 0.243 e. The summed E-state index contributed by atoms with van der Waals surface area (Å²) in [5.41, 5.74) is 0.447. The maximum absolute atomic E-state index is 12.9. The van der Waals surface area contributed by atoms with Crippen LogP contribution in [0, 0.1) is 22.7 Å². The fraction of sp³-hybridized carbons (Fsp3) is 0.682. The van der Waals surface area contributed by atoms with Gasteiger partial charge >= 0.3 is 0 Å². The number of sulfonamides is 1. The first-order chi connectivity index (χ1) is 13.2. The Kier molecular flexibility index (Phi) is 4.86. The first-order valence-corrected chi connectivity index (χ1v) is 12.0. The van der Waals surface area contributed by atoms with Gasteiger partial charge in [-0.2, -0.15) is 4.31 Å². The molecule has 3 fully saturated rings. The molecule has 28 heavy (non-hydrogen) atoms. The summed E-state index contributed by atoms with van der Waals surface area (Å²) in [5.74, 6) is 0.722. The second-order valence-corrected chi connectivity index (χ2v) is 11.6. The average molecular weight is 405 g/mol. The lowest BCUT2D eigenvalue weighted by Crippen LogP contribution is -2.50. The summed E-state index contributed by atoms with van der Waals surface area (Å²) < 4.78 is 27.1. The number of carbonyl (C=O) groups excluding carboxylic acids is 1. The molecule has 1 heterocycles. The molecule has 1 aliphatic heterocycles. The number of piperidine rings is 1. The molecule has 154 valence electrons. The summed E-state index contributed by atoms with van der Waals surface area (Å²) in [6.07, 6.45) is 4.72. The Morgan fingerprint density at radius 1 is 1.07 bits per heavy atom. The second kappa shape index (κ2) is 6.84. The van der Waals surface area contributed by atoms with E-state index in [2.05, 4.69) is 26.1 Å². The quantitative estimate of drug-likeness (QED) is 0.836. The molecule has 3 aliphatic rings. The summed E-state index contributed by atoms with van der Waals surface area (Å²) >= 11 is 0. The van der Waals surface area contributed by atoms with Gasteiger partial charge in [0, 0.05) is 25.0 Å². The zero-order chi connectivity index (χ0) is 20.2. The number of hydrogen-bond donors (Lipinski definition) is 1. The van der Waals surface area contributed by atoms with E-state index in [0.717, 1.165) is 6.42 Å². The van der Waals surface area contributed by atoms with Crippen LogP contribution in [0.2, 0.25) is 0 Å². The van der Waals surface area contributed by atoms with Gasteiger partial charge in [0.05, 0.1) is 4.90 Å². The van der Waals surface area contributed by atoms with Crippen LogP contribution in [0.5, 0.6) is 0 Å². The number of nitrogens with one attached hydrogen (secondary N) is 1. The Bertz CT molecular complexity index is 844. The van der Waals surface area contributed by atoms with Crippen LogP contribution in [0.1, 0.15) is 52.9 Å². The van der Waals surface area contributed by atoms with Crippen molar-refractivity contribution in [3.8, 4) is 0 Å². The number of carbonyl (C=O) groups is 1. The lowest BCUT2D eigenvalue weighted by Gasteiger charge is -2.40. The van der Waals surface area contributed by atoms with Crippen molar-refractivity contribution >= 4 is 15.9 Å². The molecule has 1 N–H and O–H groups in total. The molecule has 2 bridgehead atoms. The number of rotatable bonds is 4. The molecule has 1 aromatic carbocycles. The first-order valence-electron chi connectivity index (χ1n) is 10.5. The van der Waals surface area contributed by atoms with Gasteiger partial charge < -0.3 is 5.32 Å². The van der Waals surface area contributed by atoms with E-state index in [4.69, 9.17) is 0 Å². The van der Waals surface area contributed by atoms with Gasteiger partial charge in [-0.05, 0) is 61.0 Å². The fourth-order valence-electron chi connectivity index (χ4n) is 5.81. The van der Waals surface area contributed by atoms with Crippen molar-refractivity contribution in [2.75, 3.05) is 13.1 Å². The van der Waals surface area contributed by atoms with Crippen LogP contribution in [0.4, 0.5) is 0 Å². The predicted octanol–water partition coefficient (Wildman–Crippen LogP) is 3.42. The minimum Gasteiger partial charge on any atom is -0.353 e. The summed E-state index contributed by atoms with van der Waals surface area (Å²) in [6.45, 7) is 7.85. The molecule has 3 unspecified atom stereocenters. The van der Waals surface area contributed by atoms with Gasteiger partial charge in [0.2, 0.25) is 15.9 Å². The topological polar surface area (TPSA) is 66.5 Å². The minimum atomic E-state index is -3.46. The number of hydrogen-bond acceptors (Lipinski definition) is 3. The Morgan fingerprint density at radius 3 is 2.25 bits per heavy atom. The van der Waals surface area contributed by atoms with Gasteiger partial charge in [-0.1, -0.05) is 39.0 Å². The van der Waals surface area contributed by atoms with Gasteiger partial charge in [0.1, 0.15) is 0 Å². The van der Waals surface area contributed by atoms with Crippen LogP contribution in [0.3, 0.4) is 0 Å². The maximum atomic E-state index is 12.9. The SMILES string of the molecule is CC1(C)C2CCC1(C)C(NC(=O)C1CCN(S(=O)(=O)c3ccccc3)CC1)C2. The van der Waals surface area contributed by atoms with Crippen molar-refractivity contribution in [3.63, 3.8) is 0 Å². The van der Waals surface area contributed by atoms with E-state index in [-0.39, 0.29) is 28.7 Å². The van der Waals surface area contributed by atoms with E-state index in [1.54, 1.807) is 24.3 Å². The fourth-order valence-corrected chi connectivity index (χ4v) is 7.30. The van der Waals surface area contributed by atoms with Crippen LogP contribution in [-0.4, -0.2) is 37.8 Å². The molecule has 2 saturated carbocycles. The third-order valence-corrected chi connectivity index (χ3v) is 10.2. The van der Waals surface area contributed by atoms with Gasteiger partial charge in [-0.3, -0.25) is 4.79 Å². The third kappa shape index (κ3) is 3.00. The Balaban J connectivity index is 1.36. The van der Waals surface area contributed by atoms with Gasteiger partial charge in [-0.25, -0.2) is 8.42 Å². The van der Waals surface area contributed by atoms with Crippen LogP contribution in [-0.2, 0) is 14.8 Å². The molecular formula is C22H32N2O3S. The van der Waals surface area contributed by atoms with E-state index in [1.807, 2.05) is 6.07 Å². The molecule has 1 aromatic rings. The lowest BCUT2D eigenvalue weighted by atomic mass is 9.69. The summed E-state index contributed by atoms with van der Waals surface area (Å²) in [6, 6.07) is 8.80. The number of amides is 1. The summed E-state index contributed by atoms with van der Waals surface area (Å²) in [4.78, 5) is 13.3. The highest BCUT2D eigenvalue weighted by Gasteiger charge is 2.61. The first kappa shape index (κ1) is 19.9. The number of benzene rings is 1. The van der Waals surface area contributed by atoms with Crippen LogP contribution in [0.25, 0.3) is 0 Å². The molecule has 1 amide bonds. The molecule has 0 radical (unpaired) electrons. The van der Waals surface area contributed by atoms with Crippen molar-refractivity contribution in [1.29, 1.82) is 0 Å². The Morgan fingerprint density at radius 2 is 1.71 bits per heavy atom. The maximum Gasteiger partial charge on any atom is 0.243 e. The third-order valence-electron chi connectivity index (χ3n) is 8.32. The van der Waals surface area contributed by atoms with Crippen LogP contribution < -0.4 is 5.32 Å². The standard InChI is InChI=1S/C22H32N2O3S/c1-21(2)17-9-12-22(21,3)19(15-17)23-20(25)16-10-13-24(14-11-16)28(26,27)18-7-5-4-6-8-18/h4-8,16-17,19H,9-15H2,1-3H3,(H,23,25). The van der Waals surface area contributed by atoms with E-state index >= 15 is 0 Å². The molecule has 0 spiro atoms. The van der Waals surface area contributed by atoms with Crippen LogP contribution >= 0.6 is 0 Å². The average Bonchev–Trinajstić information content (AvgIpc) is 3.02. The number of fused-ring (bicyclic) bond motifs is 2. The Hall–Kier alpha value is -1.40. The molecule has 4 rings (SSSR count). The zero-order valence-corrected chi connectivity index (χ0v) is 18.0. The lowest BCUT2D eigenvalue weighted by molar-refractivity contribution is -0.127. The summed E-state index contributed by atoms with van der Waals surface area (Å²) in [5, 5.41) is 3.35. The number of nitrogens with zero attached hydrogens (tertiary/aromatic N) is 1. The molecule has 3 atom stereocenters. The summed E-state index contributed by atoms with van der Waals surface area (Å²) in [7, 11) is -3.46. The molecule has 6 heteroatoms. The molecular weight excluding hydrogens is 372 g/mol. The predicted molar refractivity (Wildman–Crippen MR) is 109 cm³/mol. The van der Waals surface area contributed by atoms with Crippen molar-refractivity contribution in [3.05, 3.63) is 30.3 Å².